The Hall–Kier alpha value is -1.37. The summed E-state index contributed by atoms with van der Waals surface area (Å²) in [6.45, 7) is 2.42. The van der Waals surface area contributed by atoms with Gasteiger partial charge in [-0.3, -0.25) is 0 Å². The molecule has 2 amide bonds. The molecule has 0 radical (unpaired) electrons. The lowest BCUT2D eigenvalue weighted by Gasteiger charge is -2.21. The fourth-order valence-electron chi connectivity index (χ4n) is 1.91. The zero-order valence-corrected chi connectivity index (χ0v) is 13.8. The molecule has 0 spiro atoms. The lowest BCUT2D eigenvalue weighted by Crippen LogP contribution is -2.44. The van der Waals surface area contributed by atoms with Crippen LogP contribution in [-0.4, -0.2) is 49.3 Å². The number of benzene rings is 1. The van der Waals surface area contributed by atoms with Gasteiger partial charge in [-0.25, -0.2) is 9.18 Å². The van der Waals surface area contributed by atoms with Crippen LogP contribution in [0.5, 0.6) is 0 Å². The maximum Gasteiger partial charge on any atom is 0.315 e. The van der Waals surface area contributed by atoms with Gasteiger partial charge in [0.15, 0.2) is 0 Å². The minimum Gasteiger partial charge on any atom is -0.394 e. The smallest absolute Gasteiger partial charge is 0.315 e. The normalized spacial score (nSPS) is 13.8. The summed E-state index contributed by atoms with van der Waals surface area (Å²) in [7, 11) is 3.92. The molecule has 124 valence electrons. The zero-order chi connectivity index (χ0) is 16.7. The molecule has 0 fully saturated rings. The molecule has 0 aliphatic heterocycles. The number of nitrogens with one attached hydrogen (secondary N) is 2. The van der Waals surface area contributed by atoms with E-state index < -0.39 is 17.9 Å². The fraction of sp³-hybridized carbons (Fsp3) is 0.533. The zero-order valence-electron chi connectivity index (χ0n) is 13.1. The first kappa shape index (κ1) is 18.7. The van der Waals surface area contributed by atoms with Gasteiger partial charge in [0, 0.05) is 6.04 Å². The third-order valence-electron chi connectivity index (χ3n) is 3.22. The number of rotatable bonds is 7. The number of halogens is 2. The minimum atomic E-state index is -0.687. The fourth-order valence-corrected chi connectivity index (χ4v) is 2.03. The van der Waals surface area contributed by atoms with Crippen molar-refractivity contribution in [3.63, 3.8) is 0 Å². The number of aliphatic hydroxyl groups excluding tert-OH is 1. The number of amides is 2. The predicted octanol–water partition coefficient (Wildman–Crippen LogP) is 2.15. The molecule has 7 heteroatoms. The number of aliphatic hydroxyl groups is 1. The highest BCUT2D eigenvalue weighted by atomic mass is 35.5. The van der Waals surface area contributed by atoms with Crippen molar-refractivity contribution in [3.05, 3.63) is 34.6 Å². The van der Waals surface area contributed by atoms with E-state index in [9.17, 15) is 14.3 Å². The summed E-state index contributed by atoms with van der Waals surface area (Å²) < 4.78 is 13.5. The van der Waals surface area contributed by atoms with E-state index in [0.717, 1.165) is 13.0 Å². The number of hydrogen-bond donors (Lipinski definition) is 3. The molecule has 0 saturated carbocycles. The highest BCUT2D eigenvalue weighted by Crippen LogP contribution is 2.20. The topological polar surface area (TPSA) is 64.6 Å². The van der Waals surface area contributed by atoms with Gasteiger partial charge in [0.2, 0.25) is 0 Å². The second kappa shape index (κ2) is 8.92. The van der Waals surface area contributed by atoms with Crippen molar-refractivity contribution < 1.29 is 14.3 Å². The van der Waals surface area contributed by atoms with Crippen LogP contribution in [0.25, 0.3) is 0 Å². The van der Waals surface area contributed by atoms with Crippen molar-refractivity contribution in [1.82, 2.24) is 15.5 Å². The van der Waals surface area contributed by atoms with Crippen LogP contribution in [0.15, 0.2) is 18.2 Å². The van der Waals surface area contributed by atoms with Crippen molar-refractivity contribution >= 4 is 17.6 Å². The molecular weight excluding hydrogens is 309 g/mol. The molecule has 0 aromatic heterocycles. The van der Waals surface area contributed by atoms with Gasteiger partial charge in [0.1, 0.15) is 5.82 Å². The average molecular weight is 332 g/mol. The summed E-state index contributed by atoms with van der Waals surface area (Å²) >= 11 is 5.62. The SMILES string of the molecule is CC(CCN(C)C)NC(=O)NC(CO)c1ccc(Cl)c(F)c1. The van der Waals surface area contributed by atoms with Crippen LogP contribution >= 0.6 is 11.6 Å². The molecule has 0 bridgehead atoms. The van der Waals surface area contributed by atoms with Crippen LogP contribution in [0.3, 0.4) is 0 Å². The molecule has 0 heterocycles. The second-order valence-electron chi connectivity index (χ2n) is 5.52. The van der Waals surface area contributed by atoms with E-state index in [1.165, 1.54) is 12.1 Å². The maximum absolute atomic E-state index is 13.5. The third kappa shape index (κ3) is 6.17. The van der Waals surface area contributed by atoms with Crippen LogP contribution in [0, 0.1) is 5.82 Å². The van der Waals surface area contributed by atoms with Crippen molar-refractivity contribution in [2.45, 2.75) is 25.4 Å². The Morgan fingerprint density at radius 3 is 2.64 bits per heavy atom. The van der Waals surface area contributed by atoms with Crippen LogP contribution in [0.2, 0.25) is 5.02 Å². The Kier molecular flexibility index (Phi) is 7.58. The van der Waals surface area contributed by atoms with Gasteiger partial charge in [-0.1, -0.05) is 17.7 Å². The van der Waals surface area contributed by atoms with E-state index in [-0.39, 0.29) is 17.7 Å². The second-order valence-corrected chi connectivity index (χ2v) is 5.93. The number of urea groups is 1. The Labute approximate surface area is 135 Å². The largest absolute Gasteiger partial charge is 0.394 e. The number of nitrogens with zero attached hydrogens (tertiary/aromatic N) is 1. The predicted molar refractivity (Wildman–Crippen MR) is 85.5 cm³/mol. The van der Waals surface area contributed by atoms with Gasteiger partial charge in [0.05, 0.1) is 17.7 Å². The van der Waals surface area contributed by atoms with Gasteiger partial charge >= 0.3 is 6.03 Å². The van der Waals surface area contributed by atoms with Crippen molar-refractivity contribution in [2.75, 3.05) is 27.2 Å². The third-order valence-corrected chi connectivity index (χ3v) is 3.53. The average Bonchev–Trinajstić information content (AvgIpc) is 2.45. The molecular formula is C15H23ClFN3O2. The van der Waals surface area contributed by atoms with E-state index in [1.807, 2.05) is 25.9 Å². The molecule has 0 aliphatic rings. The van der Waals surface area contributed by atoms with Crippen LogP contribution in [0.4, 0.5) is 9.18 Å². The van der Waals surface area contributed by atoms with Gasteiger partial charge in [-0.2, -0.15) is 0 Å². The van der Waals surface area contributed by atoms with E-state index in [4.69, 9.17) is 11.6 Å². The molecule has 1 aromatic rings. The lowest BCUT2D eigenvalue weighted by molar-refractivity contribution is 0.213. The molecule has 0 aliphatic carbocycles. The van der Waals surface area contributed by atoms with Gasteiger partial charge < -0.3 is 20.6 Å². The number of carbonyl (C=O) groups excluding carboxylic acids is 1. The highest BCUT2D eigenvalue weighted by Gasteiger charge is 2.16. The molecule has 5 nitrogen and oxygen atoms in total. The first-order valence-electron chi connectivity index (χ1n) is 7.11. The summed E-state index contributed by atoms with van der Waals surface area (Å²) in [6, 6.07) is 3.08. The van der Waals surface area contributed by atoms with Crippen LogP contribution < -0.4 is 10.6 Å². The standard InChI is InChI=1S/C15H23ClFN3O2/c1-10(6-7-20(2)3)18-15(22)19-14(9-21)11-4-5-12(16)13(17)8-11/h4-5,8,10,14,21H,6-7,9H2,1-3H3,(H2,18,19,22). The summed E-state index contributed by atoms with van der Waals surface area (Å²) in [5.74, 6) is -0.584. The van der Waals surface area contributed by atoms with Crippen LogP contribution in [-0.2, 0) is 0 Å². The summed E-state index contributed by atoms with van der Waals surface area (Å²) in [6.07, 6.45) is 0.805. The molecule has 0 saturated heterocycles. The molecule has 1 aromatic carbocycles. The van der Waals surface area contributed by atoms with E-state index in [0.29, 0.717) is 5.56 Å². The van der Waals surface area contributed by atoms with Gasteiger partial charge in [-0.05, 0) is 51.7 Å². The molecule has 2 atom stereocenters. The summed E-state index contributed by atoms with van der Waals surface area (Å²) in [5.41, 5.74) is 0.459. The molecule has 22 heavy (non-hydrogen) atoms. The Bertz CT molecular complexity index is 500. The van der Waals surface area contributed by atoms with E-state index in [2.05, 4.69) is 10.6 Å². The lowest BCUT2D eigenvalue weighted by atomic mass is 10.1. The Morgan fingerprint density at radius 2 is 2.09 bits per heavy atom. The minimum absolute atomic E-state index is 0.00204. The summed E-state index contributed by atoms with van der Waals surface area (Å²) in [4.78, 5) is 14.0. The van der Waals surface area contributed by atoms with Crippen molar-refractivity contribution in [3.8, 4) is 0 Å². The van der Waals surface area contributed by atoms with Gasteiger partial charge in [-0.15, -0.1) is 0 Å². The first-order chi connectivity index (χ1) is 10.3. The number of carbonyl (C=O) groups is 1. The first-order valence-corrected chi connectivity index (χ1v) is 7.48. The number of hydrogen-bond acceptors (Lipinski definition) is 3. The maximum atomic E-state index is 13.5. The molecule has 3 N–H and O–H groups in total. The highest BCUT2D eigenvalue weighted by molar-refractivity contribution is 6.30. The van der Waals surface area contributed by atoms with E-state index >= 15 is 0 Å². The Balaban J connectivity index is 2.58. The quantitative estimate of drug-likeness (QED) is 0.717. The summed E-state index contributed by atoms with van der Waals surface area (Å²) in [5, 5.41) is 14.8. The van der Waals surface area contributed by atoms with Crippen molar-refractivity contribution in [1.29, 1.82) is 0 Å². The Morgan fingerprint density at radius 1 is 1.41 bits per heavy atom. The van der Waals surface area contributed by atoms with Crippen LogP contribution in [0.1, 0.15) is 24.9 Å². The monoisotopic (exact) mass is 331 g/mol. The molecule has 1 rings (SSSR count). The van der Waals surface area contributed by atoms with E-state index in [1.54, 1.807) is 6.07 Å². The molecule has 2 unspecified atom stereocenters. The van der Waals surface area contributed by atoms with Crippen molar-refractivity contribution in [2.24, 2.45) is 0 Å². The van der Waals surface area contributed by atoms with Gasteiger partial charge in [0.25, 0.3) is 0 Å².